The Bertz CT molecular complexity index is 3210. The molecule has 3 aromatic heterocycles. The first-order valence-electron chi connectivity index (χ1n) is 32.6. The number of nitrogens with zero attached hydrogens (tertiary/aromatic N) is 8. The van der Waals surface area contributed by atoms with Crippen LogP contribution in [-0.2, 0) is 68.4 Å². The molecule has 6 aromatic rings. The highest BCUT2D eigenvalue weighted by Crippen LogP contribution is 2.36. The molecular formula is C73H108BrClF6N8O7. The van der Waals surface area contributed by atoms with Gasteiger partial charge >= 0.3 is 12.2 Å². The van der Waals surface area contributed by atoms with E-state index in [0.29, 0.717) is 64.3 Å². The van der Waals surface area contributed by atoms with Crippen LogP contribution in [0, 0.1) is 66.5 Å². The topological polar surface area (TPSA) is 140 Å². The number of aromatic nitrogens is 6. The molecule has 2 amide bonds. The summed E-state index contributed by atoms with van der Waals surface area (Å²) in [5, 5.41) is 14.2. The van der Waals surface area contributed by atoms with Gasteiger partial charge in [-0.05, 0) is 189 Å². The van der Waals surface area contributed by atoms with Crippen LogP contribution in [-0.4, -0.2) is 76.6 Å². The van der Waals surface area contributed by atoms with Crippen molar-refractivity contribution in [1.29, 1.82) is 0 Å². The molecular weight excluding hydrogens is 1330 g/mol. The highest BCUT2D eigenvalue weighted by molar-refractivity contribution is 9.10. The third-order valence-electron chi connectivity index (χ3n) is 16.6. The molecule has 3 fully saturated rings. The van der Waals surface area contributed by atoms with Crippen molar-refractivity contribution in [1.82, 2.24) is 39.1 Å². The molecule has 0 saturated heterocycles. The molecule has 0 atom stereocenters. The predicted molar refractivity (Wildman–Crippen MR) is 372 cm³/mol. The fraction of sp³-hybridized carbons (Fsp3) is 0.603. The van der Waals surface area contributed by atoms with Crippen molar-refractivity contribution >= 4 is 40.5 Å². The van der Waals surface area contributed by atoms with Gasteiger partial charge in [0.15, 0.2) is 0 Å². The first-order chi connectivity index (χ1) is 43.6. The van der Waals surface area contributed by atoms with E-state index in [1.54, 1.807) is 18.8 Å². The standard InChI is InChI=1S/C25H35F2N3O3.C24H32BrF2N3O3.C21H28F2N2O.3CH4.ClH/c1-17-22(15-29(5)24(31)33-25(2,3)4)28-30(14-18-9-7-6-8-10-18)23(17)32-16-19-13-20(26)11-12-21(19)27;1-24(2,3)33-23(31)29(4)14-20-21(25)22(30(28-20)13-16-8-6-5-7-9-16)32-15-17-12-18(26)10-11-19(17)27;1-3-7-20-15(2)21(25(24-20)13-16-8-5-4-6-9-16)26-14-17-12-18(22)10-11-19(17)23;;;;/h11-13,18H,6-10,14-16H2,1-5H3;10-12,16H,5-9,13-15H2,1-4H3;10-12,16H,3-9,13-14H2,1-2H3;3*1H4;1H. The quantitative estimate of drug-likeness (QED) is 0.0640. The Hall–Kier alpha value is -6.42. The molecule has 0 aliphatic heterocycles. The highest BCUT2D eigenvalue weighted by Gasteiger charge is 2.29. The zero-order valence-electron chi connectivity index (χ0n) is 56.1. The van der Waals surface area contributed by atoms with E-state index in [-0.39, 0.29) is 84.3 Å². The summed E-state index contributed by atoms with van der Waals surface area (Å²) < 4.78 is 118. The van der Waals surface area contributed by atoms with Gasteiger partial charge in [-0.2, -0.15) is 15.3 Å². The molecule has 3 aromatic carbocycles. The number of ether oxygens (including phenoxy) is 5. The van der Waals surface area contributed by atoms with Gasteiger partial charge in [0, 0.05) is 61.5 Å². The van der Waals surface area contributed by atoms with Crippen molar-refractivity contribution in [3.05, 3.63) is 139 Å². The van der Waals surface area contributed by atoms with Crippen LogP contribution in [0.5, 0.6) is 17.6 Å². The van der Waals surface area contributed by atoms with E-state index < -0.39 is 58.3 Å². The summed E-state index contributed by atoms with van der Waals surface area (Å²) in [5.41, 5.74) is 3.42. The van der Waals surface area contributed by atoms with Crippen molar-refractivity contribution < 1.29 is 59.6 Å². The smallest absolute Gasteiger partial charge is 0.410 e. The minimum Gasteiger partial charge on any atom is -0.473 e. The zero-order chi connectivity index (χ0) is 66.9. The predicted octanol–water partition coefficient (Wildman–Crippen LogP) is 20.4. The van der Waals surface area contributed by atoms with Crippen LogP contribution in [0.2, 0.25) is 0 Å². The minimum atomic E-state index is -0.605. The van der Waals surface area contributed by atoms with Gasteiger partial charge in [0.2, 0.25) is 17.6 Å². The first-order valence-corrected chi connectivity index (χ1v) is 33.4. The molecule has 0 N–H and O–H groups in total. The average Bonchev–Trinajstić information content (AvgIpc) is 1.68. The monoisotopic (exact) mass is 1440 g/mol. The van der Waals surface area contributed by atoms with Crippen LogP contribution in [0.1, 0.15) is 218 Å². The number of halogens is 8. The SMILES string of the molecule is C.C.C.CCCc1nn(CC2CCCCC2)c(OCc2cc(F)ccc2F)c1C.CN(Cc1nn(CC2CCCCC2)c(OCc2cc(F)ccc2F)c1Br)C(=O)OC(C)(C)C.Cc1c(CN(C)C(=O)OC(C)(C)C)nn(CC2CCCCC2)c1OCc1cc(F)ccc1F.Cl. The summed E-state index contributed by atoms with van der Waals surface area (Å²) >= 11 is 3.56. The van der Waals surface area contributed by atoms with E-state index in [1.807, 2.05) is 64.8 Å². The third kappa shape index (κ3) is 25.5. The van der Waals surface area contributed by atoms with E-state index >= 15 is 0 Å². The summed E-state index contributed by atoms with van der Waals surface area (Å²) in [4.78, 5) is 27.7. The maximum absolute atomic E-state index is 14.1. The molecule has 0 unspecified atom stereocenters. The van der Waals surface area contributed by atoms with Crippen LogP contribution in [0.25, 0.3) is 0 Å². The van der Waals surface area contributed by atoms with Gasteiger partial charge in [0.05, 0.1) is 24.5 Å². The number of carbonyl (C=O) groups is 2. The number of rotatable bonds is 21. The lowest BCUT2D eigenvalue weighted by molar-refractivity contribution is 0.0272. The van der Waals surface area contributed by atoms with Gasteiger partial charge in [0.25, 0.3) is 0 Å². The largest absolute Gasteiger partial charge is 0.473 e. The van der Waals surface area contributed by atoms with Gasteiger partial charge in [-0.1, -0.05) is 93.4 Å². The van der Waals surface area contributed by atoms with E-state index in [1.165, 1.54) is 86.5 Å². The summed E-state index contributed by atoms with van der Waals surface area (Å²) in [6.45, 7) is 19.3. The molecule has 3 aliphatic rings. The van der Waals surface area contributed by atoms with Crippen LogP contribution >= 0.6 is 28.3 Å². The lowest BCUT2D eigenvalue weighted by Crippen LogP contribution is -2.34. The fourth-order valence-electron chi connectivity index (χ4n) is 11.7. The molecule has 3 saturated carbocycles. The van der Waals surface area contributed by atoms with Crippen molar-refractivity contribution in [2.24, 2.45) is 17.8 Å². The Morgan fingerprint density at radius 3 is 1.15 bits per heavy atom. The van der Waals surface area contributed by atoms with Gasteiger partial charge in [0.1, 0.15) is 76.1 Å². The molecule has 0 radical (unpaired) electrons. The van der Waals surface area contributed by atoms with Crippen molar-refractivity contribution in [2.45, 2.75) is 257 Å². The molecule has 23 heteroatoms. The lowest BCUT2D eigenvalue weighted by atomic mass is 9.89. The van der Waals surface area contributed by atoms with Crippen molar-refractivity contribution in [3.63, 3.8) is 0 Å². The number of benzene rings is 3. The van der Waals surface area contributed by atoms with Crippen LogP contribution in [0.15, 0.2) is 59.1 Å². The first kappa shape index (κ1) is 83.8. The van der Waals surface area contributed by atoms with Gasteiger partial charge in [-0.3, -0.25) is 0 Å². The van der Waals surface area contributed by atoms with Crippen molar-refractivity contribution in [2.75, 3.05) is 14.1 Å². The van der Waals surface area contributed by atoms with E-state index in [4.69, 9.17) is 39.0 Å². The summed E-state index contributed by atoms with van der Waals surface area (Å²) in [5.74, 6) is 0.250. The second kappa shape index (κ2) is 39.2. The van der Waals surface area contributed by atoms with E-state index in [0.717, 1.165) is 110 Å². The molecule has 3 aliphatic carbocycles. The second-order valence-corrected chi connectivity index (χ2v) is 27.7. The van der Waals surface area contributed by atoms with E-state index in [9.17, 15) is 35.9 Å². The maximum Gasteiger partial charge on any atom is 0.410 e. The zero-order valence-corrected chi connectivity index (χ0v) is 58.5. The number of aryl methyl sites for hydroxylation is 1. The Balaban J connectivity index is 0.000000370. The fourth-order valence-corrected chi connectivity index (χ4v) is 12.3. The lowest BCUT2D eigenvalue weighted by Gasteiger charge is -2.24. The number of carbonyl (C=O) groups excluding carboxylic acids is 2. The van der Waals surface area contributed by atoms with Crippen LogP contribution < -0.4 is 14.2 Å². The number of hydrogen-bond acceptors (Lipinski definition) is 10. The Morgan fingerprint density at radius 1 is 0.500 bits per heavy atom. The van der Waals surface area contributed by atoms with Crippen LogP contribution in [0.3, 0.4) is 0 Å². The number of hydrogen-bond donors (Lipinski definition) is 0. The molecule has 538 valence electrons. The summed E-state index contributed by atoms with van der Waals surface area (Å²) in [7, 11) is 3.31. The number of amides is 2. The Kier molecular flexibility index (Phi) is 34.3. The molecule has 9 rings (SSSR count). The highest BCUT2D eigenvalue weighted by atomic mass is 79.9. The van der Waals surface area contributed by atoms with Gasteiger partial charge in [-0.25, -0.2) is 50.0 Å². The third-order valence-corrected chi connectivity index (χ3v) is 17.4. The molecule has 3 heterocycles. The average molecular weight is 1440 g/mol. The van der Waals surface area contributed by atoms with Crippen LogP contribution in [0.4, 0.5) is 35.9 Å². The van der Waals surface area contributed by atoms with Crippen molar-refractivity contribution in [3.8, 4) is 17.6 Å². The minimum absolute atomic E-state index is 0. The second-order valence-electron chi connectivity index (χ2n) is 26.9. The molecule has 0 bridgehead atoms. The Labute approximate surface area is 582 Å². The van der Waals surface area contributed by atoms with Gasteiger partial charge in [-0.15, -0.1) is 12.4 Å². The Morgan fingerprint density at radius 2 is 0.802 bits per heavy atom. The molecule has 0 spiro atoms. The molecule has 15 nitrogen and oxygen atoms in total. The summed E-state index contributed by atoms with van der Waals surface area (Å²) in [6, 6.07) is 10.1. The van der Waals surface area contributed by atoms with E-state index in [2.05, 4.69) is 22.9 Å². The maximum atomic E-state index is 14.1. The van der Waals surface area contributed by atoms with Gasteiger partial charge < -0.3 is 33.5 Å². The summed E-state index contributed by atoms with van der Waals surface area (Å²) in [6.07, 6.45) is 19.1. The molecule has 96 heavy (non-hydrogen) atoms. The normalized spacial score (nSPS) is 14.4.